The summed E-state index contributed by atoms with van der Waals surface area (Å²) in [5.41, 5.74) is 0. The highest BCUT2D eigenvalue weighted by Crippen LogP contribution is 1.72. The van der Waals surface area contributed by atoms with Crippen molar-refractivity contribution in [1.82, 2.24) is 4.72 Å². The maximum absolute atomic E-state index is 10.2. The predicted molar refractivity (Wildman–Crippen MR) is 29.2 cm³/mol. The van der Waals surface area contributed by atoms with E-state index >= 15 is 0 Å². The minimum atomic E-state index is -1.51. The van der Waals surface area contributed by atoms with Gasteiger partial charge in [0.2, 0.25) is 11.3 Å². The van der Waals surface area contributed by atoms with E-state index in [1.54, 1.807) is 0 Å². The molecule has 0 rings (SSSR count). The van der Waals surface area contributed by atoms with E-state index in [-0.39, 0.29) is 6.61 Å². The molecular weight excluding hydrogens is 130 g/mol. The van der Waals surface area contributed by atoms with Gasteiger partial charge in [0.25, 0.3) is 0 Å². The van der Waals surface area contributed by atoms with Crippen LogP contribution in [-0.2, 0) is 20.2 Å². The molecule has 1 atom stereocenters. The Morgan fingerprint density at radius 1 is 1.88 bits per heavy atom. The number of hydrogen-bond donors (Lipinski definition) is 1. The maximum Gasteiger partial charge on any atom is 0.234 e. The van der Waals surface area contributed by atoms with Crippen molar-refractivity contribution in [2.45, 2.75) is 0 Å². The van der Waals surface area contributed by atoms with Crippen molar-refractivity contribution in [1.29, 1.82) is 0 Å². The van der Waals surface area contributed by atoms with Crippen molar-refractivity contribution in [3.05, 3.63) is 0 Å². The van der Waals surface area contributed by atoms with Gasteiger partial charge in [-0.15, -0.1) is 0 Å². The van der Waals surface area contributed by atoms with Gasteiger partial charge in [0.15, 0.2) is 0 Å². The van der Waals surface area contributed by atoms with Crippen LogP contribution in [0.3, 0.4) is 0 Å². The molecule has 0 radical (unpaired) electrons. The first-order valence-electron chi connectivity index (χ1n) is 1.97. The second-order valence-electron chi connectivity index (χ2n) is 0.890. The van der Waals surface area contributed by atoms with Crippen molar-refractivity contribution in [2.24, 2.45) is 0 Å². The van der Waals surface area contributed by atoms with Crippen molar-refractivity contribution < 1.29 is 13.2 Å². The highest BCUT2D eigenvalue weighted by Gasteiger charge is 1.90. The molecule has 0 amide bonds. The first kappa shape index (κ1) is 7.74. The molecule has 0 aromatic heterocycles. The zero-order valence-corrected chi connectivity index (χ0v) is 5.23. The van der Waals surface area contributed by atoms with Gasteiger partial charge in [-0.25, -0.2) is 8.93 Å². The first-order chi connectivity index (χ1) is 3.81. The Labute approximate surface area is 50.0 Å². The molecule has 8 heavy (non-hydrogen) atoms. The molecular formula is C3H7NO3S. The van der Waals surface area contributed by atoms with Crippen molar-refractivity contribution in [3.8, 4) is 0 Å². The summed E-state index contributed by atoms with van der Waals surface area (Å²) >= 11 is -1.51. The van der Waals surface area contributed by atoms with Gasteiger partial charge in [0.05, 0.1) is 0 Å². The van der Waals surface area contributed by atoms with Crippen LogP contribution in [-0.4, -0.2) is 24.1 Å². The van der Waals surface area contributed by atoms with Crippen LogP contribution < -0.4 is 4.72 Å². The standard InChI is InChI=1S/C3H7NO3S/c1-4-8(6)7-3-2-5/h2,4H,3H2,1H3. The van der Waals surface area contributed by atoms with E-state index in [0.29, 0.717) is 6.29 Å². The van der Waals surface area contributed by atoms with Crippen molar-refractivity contribution >= 4 is 17.6 Å². The molecule has 0 aliphatic carbocycles. The summed E-state index contributed by atoms with van der Waals surface area (Å²) in [5.74, 6) is 0. The third-order valence-corrected chi connectivity index (χ3v) is 1.09. The van der Waals surface area contributed by atoms with Crippen LogP contribution in [0.2, 0.25) is 0 Å². The molecule has 0 bridgehead atoms. The topological polar surface area (TPSA) is 55.4 Å². The number of hydrogen-bond acceptors (Lipinski definition) is 3. The summed E-state index contributed by atoms with van der Waals surface area (Å²) in [7, 11) is 1.47. The van der Waals surface area contributed by atoms with Crippen LogP contribution in [0.4, 0.5) is 0 Å². The second kappa shape index (κ2) is 4.89. The lowest BCUT2D eigenvalue weighted by atomic mass is 10.9. The average Bonchev–Trinajstić information content (AvgIpc) is 1.83. The Morgan fingerprint density at radius 2 is 2.50 bits per heavy atom. The monoisotopic (exact) mass is 137 g/mol. The SMILES string of the molecule is CNS(=O)OCC=O. The Bertz CT molecular complexity index is 94.5. The van der Waals surface area contributed by atoms with E-state index < -0.39 is 11.3 Å². The predicted octanol–water partition coefficient (Wildman–Crippen LogP) is -1.00. The molecule has 0 saturated carbocycles. The third-order valence-electron chi connectivity index (χ3n) is 0.410. The largest absolute Gasteiger partial charge is 0.301 e. The highest BCUT2D eigenvalue weighted by molar-refractivity contribution is 7.78. The molecule has 0 aliphatic heterocycles. The van der Waals surface area contributed by atoms with E-state index in [1.165, 1.54) is 7.05 Å². The van der Waals surface area contributed by atoms with Crippen molar-refractivity contribution in [3.63, 3.8) is 0 Å². The van der Waals surface area contributed by atoms with E-state index in [1.807, 2.05) is 0 Å². The van der Waals surface area contributed by atoms with Crippen molar-refractivity contribution in [2.75, 3.05) is 13.7 Å². The quantitative estimate of drug-likeness (QED) is 0.506. The minimum Gasteiger partial charge on any atom is -0.301 e. The lowest BCUT2D eigenvalue weighted by Crippen LogP contribution is -2.14. The van der Waals surface area contributed by atoms with Crippen LogP contribution in [0.15, 0.2) is 0 Å². The number of rotatable bonds is 4. The van der Waals surface area contributed by atoms with Gasteiger partial charge < -0.3 is 4.79 Å². The number of nitrogens with one attached hydrogen (secondary N) is 1. The fraction of sp³-hybridized carbons (Fsp3) is 0.667. The molecule has 48 valence electrons. The Morgan fingerprint density at radius 3 is 2.88 bits per heavy atom. The van der Waals surface area contributed by atoms with Gasteiger partial charge in [0, 0.05) is 0 Å². The summed E-state index contributed by atoms with van der Waals surface area (Å²) in [6.45, 7) is -0.131. The highest BCUT2D eigenvalue weighted by atomic mass is 32.2. The van der Waals surface area contributed by atoms with E-state index in [9.17, 15) is 9.00 Å². The molecule has 0 heterocycles. The minimum absolute atomic E-state index is 0.131. The number of carbonyl (C=O) groups is 1. The second-order valence-corrected chi connectivity index (χ2v) is 2.00. The normalized spacial score (nSPS) is 13.1. The fourth-order valence-corrected chi connectivity index (χ4v) is 0.446. The van der Waals surface area contributed by atoms with Gasteiger partial charge in [-0.2, -0.15) is 0 Å². The first-order valence-corrected chi connectivity index (χ1v) is 3.04. The summed E-state index contributed by atoms with van der Waals surface area (Å²) < 4.78 is 16.8. The average molecular weight is 137 g/mol. The smallest absolute Gasteiger partial charge is 0.234 e. The molecule has 5 heteroatoms. The lowest BCUT2D eigenvalue weighted by Gasteiger charge is -1.92. The van der Waals surface area contributed by atoms with E-state index in [4.69, 9.17) is 0 Å². The van der Waals surface area contributed by atoms with Crippen LogP contribution in [0.25, 0.3) is 0 Å². The van der Waals surface area contributed by atoms with Gasteiger partial charge >= 0.3 is 0 Å². The fourth-order valence-electron chi connectivity index (χ4n) is 0.149. The third kappa shape index (κ3) is 3.91. The molecule has 0 aliphatic rings. The van der Waals surface area contributed by atoms with Crippen LogP contribution in [0.5, 0.6) is 0 Å². The van der Waals surface area contributed by atoms with Gasteiger partial charge in [0.1, 0.15) is 12.9 Å². The summed E-state index contributed by atoms with van der Waals surface area (Å²) in [6, 6.07) is 0. The molecule has 1 N–H and O–H groups in total. The van der Waals surface area contributed by atoms with E-state index in [2.05, 4.69) is 8.91 Å². The molecule has 4 nitrogen and oxygen atoms in total. The number of carbonyl (C=O) groups excluding carboxylic acids is 1. The van der Waals surface area contributed by atoms with E-state index in [0.717, 1.165) is 0 Å². The van der Waals surface area contributed by atoms with Crippen LogP contribution >= 0.6 is 0 Å². The number of aldehydes is 1. The molecule has 0 aromatic carbocycles. The molecule has 1 unspecified atom stereocenters. The Hall–Kier alpha value is -0.260. The van der Waals surface area contributed by atoms with Gasteiger partial charge in [-0.1, -0.05) is 0 Å². The molecule has 0 saturated heterocycles. The summed E-state index contributed by atoms with van der Waals surface area (Å²) in [6.07, 6.45) is 0.537. The van der Waals surface area contributed by atoms with Crippen LogP contribution in [0, 0.1) is 0 Å². The maximum atomic E-state index is 10.2. The Balaban J connectivity index is 3.11. The molecule has 0 aromatic rings. The summed E-state index contributed by atoms with van der Waals surface area (Å²) in [5, 5.41) is 0. The molecule has 0 spiro atoms. The van der Waals surface area contributed by atoms with Gasteiger partial charge in [-0.3, -0.25) is 4.18 Å². The van der Waals surface area contributed by atoms with Crippen LogP contribution in [0.1, 0.15) is 0 Å². The zero-order valence-electron chi connectivity index (χ0n) is 4.42. The van der Waals surface area contributed by atoms with Gasteiger partial charge in [-0.05, 0) is 7.05 Å². The zero-order chi connectivity index (χ0) is 6.41. The summed E-state index contributed by atoms with van der Waals surface area (Å²) in [4.78, 5) is 9.54. The lowest BCUT2D eigenvalue weighted by molar-refractivity contribution is -0.109. The molecule has 0 fully saturated rings. The Kier molecular flexibility index (Phi) is 4.73.